The SMILES string of the molecule is C(/C=C/c1ccccc1)=N/Nc1nc(-c2ccccc2)cs1. The maximum Gasteiger partial charge on any atom is 0.203 e. The minimum atomic E-state index is 0.781. The van der Waals surface area contributed by atoms with Crippen molar-refractivity contribution in [2.75, 3.05) is 5.43 Å². The zero-order chi connectivity index (χ0) is 15.0. The summed E-state index contributed by atoms with van der Waals surface area (Å²) in [6, 6.07) is 20.2. The third-order valence-electron chi connectivity index (χ3n) is 2.98. The number of allylic oxidation sites excluding steroid dienone is 1. The van der Waals surface area contributed by atoms with E-state index in [0.717, 1.165) is 22.0 Å². The Kier molecular flexibility index (Phi) is 4.74. The van der Waals surface area contributed by atoms with Crippen LogP contribution in [0.1, 0.15) is 5.56 Å². The quantitative estimate of drug-likeness (QED) is 0.536. The van der Waals surface area contributed by atoms with Crippen molar-refractivity contribution in [2.45, 2.75) is 0 Å². The molecular formula is C18H15N3S. The normalized spacial score (nSPS) is 11.3. The van der Waals surface area contributed by atoms with E-state index in [-0.39, 0.29) is 0 Å². The zero-order valence-corrected chi connectivity index (χ0v) is 12.7. The van der Waals surface area contributed by atoms with E-state index in [9.17, 15) is 0 Å². The molecule has 3 nitrogen and oxygen atoms in total. The molecule has 0 saturated heterocycles. The Morgan fingerprint density at radius 2 is 1.68 bits per heavy atom. The van der Waals surface area contributed by atoms with E-state index in [1.807, 2.05) is 78.2 Å². The van der Waals surface area contributed by atoms with Crippen LogP contribution in [-0.4, -0.2) is 11.2 Å². The van der Waals surface area contributed by atoms with Crippen molar-refractivity contribution in [2.24, 2.45) is 5.10 Å². The van der Waals surface area contributed by atoms with Crippen LogP contribution in [-0.2, 0) is 0 Å². The summed E-state index contributed by atoms with van der Waals surface area (Å²) in [4.78, 5) is 4.51. The number of hydrogen-bond donors (Lipinski definition) is 1. The predicted octanol–water partition coefficient (Wildman–Crippen LogP) is 4.92. The molecule has 1 heterocycles. The van der Waals surface area contributed by atoms with Gasteiger partial charge in [0.25, 0.3) is 0 Å². The van der Waals surface area contributed by atoms with Crippen LogP contribution in [0.15, 0.2) is 77.2 Å². The second-order valence-electron chi connectivity index (χ2n) is 4.56. The van der Waals surface area contributed by atoms with E-state index < -0.39 is 0 Å². The van der Waals surface area contributed by atoms with Gasteiger partial charge in [-0.25, -0.2) is 4.98 Å². The van der Waals surface area contributed by atoms with Crippen molar-refractivity contribution >= 4 is 28.8 Å². The molecule has 0 unspecified atom stereocenters. The van der Waals surface area contributed by atoms with Gasteiger partial charge in [0.05, 0.1) is 5.69 Å². The summed E-state index contributed by atoms with van der Waals surface area (Å²) in [7, 11) is 0. The molecule has 0 aliphatic rings. The molecule has 4 heteroatoms. The fraction of sp³-hybridized carbons (Fsp3) is 0. The Balaban J connectivity index is 1.57. The zero-order valence-electron chi connectivity index (χ0n) is 11.9. The smallest absolute Gasteiger partial charge is 0.203 e. The van der Waals surface area contributed by atoms with Crippen molar-refractivity contribution in [1.82, 2.24) is 4.98 Å². The highest BCUT2D eigenvalue weighted by atomic mass is 32.1. The molecule has 0 radical (unpaired) electrons. The molecule has 1 N–H and O–H groups in total. The van der Waals surface area contributed by atoms with Gasteiger partial charge in [-0.2, -0.15) is 5.10 Å². The van der Waals surface area contributed by atoms with Gasteiger partial charge >= 0.3 is 0 Å². The highest BCUT2D eigenvalue weighted by molar-refractivity contribution is 7.14. The minimum Gasteiger partial charge on any atom is -0.253 e. The molecule has 22 heavy (non-hydrogen) atoms. The van der Waals surface area contributed by atoms with Gasteiger partial charge in [-0.1, -0.05) is 66.7 Å². The number of rotatable bonds is 5. The molecule has 0 spiro atoms. The number of nitrogens with zero attached hydrogens (tertiary/aromatic N) is 2. The molecule has 3 aromatic rings. The van der Waals surface area contributed by atoms with Crippen LogP contribution in [0, 0.1) is 0 Å². The molecule has 0 saturated carbocycles. The third-order valence-corrected chi connectivity index (χ3v) is 3.73. The fourth-order valence-electron chi connectivity index (χ4n) is 1.92. The maximum absolute atomic E-state index is 4.51. The number of hydrogen-bond acceptors (Lipinski definition) is 4. The lowest BCUT2D eigenvalue weighted by Gasteiger charge is -1.94. The van der Waals surface area contributed by atoms with E-state index in [1.54, 1.807) is 6.21 Å². The topological polar surface area (TPSA) is 37.3 Å². The number of anilines is 1. The Bertz CT molecular complexity index is 761. The lowest BCUT2D eigenvalue weighted by Crippen LogP contribution is -1.87. The second kappa shape index (κ2) is 7.33. The molecule has 3 rings (SSSR count). The fourth-order valence-corrected chi connectivity index (χ4v) is 2.59. The van der Waals surface area contributed by atoms with Crippen molar-refractivity contribution in [1.29, 1.82) is 0 Å². The van der Waals surface area contributed by atoms with Crippen LogP contribution in [0.5, 0.6) is 0 Å². The van der Waals surface area contributed by atoms with Gasteiger partial charge < -0.3 is 0 Å². The standard InChI is InChI=1S/C18H15N3S/c1-3-8-15(9-4-1)10-7-13-19-21-18-20-17(14-22-18)16-11-5-2-6-12-16/h1-14H,(H,20,21)/b10-7+,19-13-. The number of hydrazone groups is 1. The number of benzene rings is 2. The first-order valence-electron chi connectivity index (χ1n) is 6.93. The van der Waals surface area contributed by atoms with E-state index in [0.29, 0.717) is 0 Å². The summed E-state index contributed by atoms with van der Waals surface area (Å²) < 4.78 is 0. The van der Waals surface area contributed by atoms with Crippen LogP contribution < -0.4 is 5.43 Å². The molecule has 0 aliphatic carbocycles. The van der Waals surface area contributed by atoms with Gasteiger partial charge in [-0.3, -0.25) is 5.43 Å². The lowest BCUT2D eigenvalue weighted by atomic mass is 10.2. The van der Waals surface area contributed by atoms with E-state index in [2.05, 4.69) is 15.5 Å². The number of aromatic nitrogens is 1. The highest BCUT2D eigenvalue weighted by Gasteiger charge is 2.02. The van der Waals surface area contributed by atoms with Crippen LogP contribution in [0.3, 0.4) is 0 Å². The summed E-state index contributed by atoms with van der Waals surface area (Å²) in [5.74, 6) is 0. The van der Waals surface area contributed by atoms with Crippen molar-refractivity contribution in [3.63, 3.8) is 0 Å². The van der Waals surface area contributed by atoms with Crippen LogP contribution in [0.25, 0.3) is 17.3 Å². The second-order valence-corrected chi connectivity index (χ2v) is 5.42. The van der Waals surface area contributed by atoms with Crippen LogP contribution >= 0.6 is 11.3 Å². The summed E-state index contributed by atoms with van der Waals surface area (Å²) in [6.07, 6.45) is 5.62. The molecule has 0 bridgehead atoms. The Hall–Kier alpha value is -2.72. The highest BCUT2D eigenvalue weighted by Crippen LogP contribution is 2.24. The van der Waals surface area contributed by atoms with Crippen LogP contribution in [0.4, 0.5) is 5.13 Å². The van der Waals surface area contributed by atoms with Crippen LogP contribution in [0.2, 0.25) is 0 Å². The summed E-state index contributed by atoms with van der Waals surface area (Å²) in [6.45, 7) is 0. The Morgan fingerprint density at radius 3 is 2.45 bits per heavy atom. The predicted molar refractivity (Wildman–Crippen MR) is 95.1 cm³/mol. The van der Waals surface area contributed by atoms with E-state index >= 15 is 0 Å². The molecule has 0 aliphatic heterocycles. The van der Waals surface area contributed by atoms with Crippen molar-refractivity contribution < 1.29 is 0 Å². The number of nitrogens with one attached hydrogen (secondary N) is 1. The molecular weight excluding hydrogens is 290 g/mol. The minimum absolute atomic E-state index is 0.781. The van der Waals surface area contributed by atoms with Crippen molar-refractivity contribution in [3.05, 3.63) is 77.7 Å². The average Bonchev–Trinajstić information content (AvgIpc) is 3.05. The largest absolute Gasteiger partial charge is 0.253 e. The van der Waals surface area contributed by atoms with Gasteiger partial charge in [0.15, 0.2) is 0 Å². The van der Waals surface area contributed by atoms with Gasteiger partial charge in [0.2, 0.25) is 5.13 Å². The number of thiazole rings is 1. The van der Waals surface area contributed by atoms with Gasteiger partial charge in [-0.05, 0) is 11.6 Å². The molecule has 2 aromatic carbocycles. The molecule has 108 valence electrons. The van der Waals surface area contributed by atoms with E-state index in [4.69, 9.17) is 0 Å². The van der Waals surface area contributed by atoms with E-state index in [1.165, 1.54) is 11.3 Å². The molecule has 1 aromatic heterocycles. The van der Waals surface area contributed by atoms with Crippen molar-refractivity contribution in [3.8, 4) is 11.3 Å². The first-order valence-corrected chi connectivity index (χ1v) is 7.81. The summed E-state index contributed by atoms with van der Waals surface area (Å²) in [5, 5.41) is 6.95. The lowest BCUT2D eigenvalue weighted by molar-refractivity contribution is 1.29. The van der Waals surface area contributed by atoms with Gasteiger partial charge in [-0.15, -0.1) is 11.3 Å². The summed E-state index contributed by atoms with van der Waals surface area (Å²) in [5.41, 5.74) is 6.17. The molecule has 0 amide bonds. The maximum atomic E-state index is 4.51. The molecule has 0 fully saturated rings. The first-order chi connectivity index (χ1) is 10.9. The summed E-state index contributed by atoms with van der Waals surface area (Å²) >= 11 is 1.54. The Labute approximate surface area is 133 Å². The molecule has 0 atom stereocenters. The van der Waals surface area contributed by atoms with Gasteiger partial charge in [0.1, 0.15) is 0 Å². The monoisotopic (exact) mass is 305 g/mol. The third kappa shape index (κ3) is 3.90. The Morgan fingerprint density at radius 1 is 0.955 bits per heavy atom. The average molecular weight is 305 g/mol. The van der Waals surface area contributed by atoms with Gasteiger partial charge in [0, 0.05) is 17.2 Å². The first kappa shape index (κ1) is 14.2.